The Morgan fingerprint density at radius 3 is 1.09 bits per heavy atom. The van der Waals surface area contributed by atoms with Crippen LogP contribution in [0.3, 0.4) is 0 Å². The lowest BCUT2D eigenvalue weighted by atomic mass is 10.0. The lowest BCUT2D eigenvalue weighted by Gasteiger charge is -2.20. The van der Waals surface area contributed by atoms with Crippen molar-refractivity contribution in [3.8, 4) is 0 Å². The largest absolute Gasteiger partial charge is 0.466 e. The van der Waals surface area contributed by atoms with E-state index in [4.69, 9.17) is 4.74 Å². The number of carbonyl (C=O) groups excluding carboxylic acids is 2. The van der Waals surface area contributed by atoms with E-state index in [9.17, 15) is 19.8 Å². The molecule has 2 atom stereocenters. The van der Waals surface area contributed by atoms with Gasteiger partial charge >= 0.3 is 5.97 Å². The van der Waals surface area contributed by atoms with E-state index in [1.54, 1.807) is 6.08 Å². The topological polar surface area (TPSA) is 95.9 Å². The second-order valence-corrected chi connectivity index (χ2v) is 20.0. The lowest BCUT2D eigenvalue weighted by Crippen LogP contribution is -2.45. The Morgan fingerprint density at radius 1 is 0.415 bits per heavy atom. The van der Waals surface area contributed by atoms with Crippen molar-refractivity contribution in [2.24, 2.45) is 0 Å². The van der Waals surface area contributed by atoms with Crippen LogP contribution < -0.4 is 5.32 Å². The molecule has 0 aliphatic heterocycles. The Morgan fingerprint density at radius 2 is 0.723 bits per heavy atom. The standard InChI is InChI=1S/C59H113NO5/c1-3-5-7-9-11-13-15-17-19-21-22-23-24-25-26-28-31-35-39-43-47-51-57(62)56(55-61)60-58(63)52-48-44-40-36-32-30-34-38-42-46-50-54-65-59(64)53-49-45-41-37-33-29-27-20-18-16-14-12-10-8-6-4-2/h34,38,47,51,56-57,61-62H,3-33,35-37,39-46,48-50,52-55H2,1-2H3,(H,60,63)/b38-34-,51-47+. The van der Waals surface area contributed by atoms with E-state index in [-0.39, 0.29) is 18.5 Å². The Kier molecular flexibility index (Phi) is 53.5. The minimum atomic E-state index is -0.863. The fraction of sp³-hybridized carbons (Fsp3) is 0.898. The molecule has 0 saturated heterocycles. The minimum absolute atomic E-state index is 0.0290. The zero-order valence-corrected chi connectivity index (χ0v) is 43.7. The van der Waals surface area contributed by atoms with Gasteiger partial charge in [0.25, 0.3) is 0 Å². The molecule has 65 heavy (non-hydrogen) atoms. The number of aliphatic hydroxyl groups excluding tert-OH is 2. The number of carbonyl (C=O) groups is 2. The average Bonchev–Trinajstić information content (AvgIpc) is 3.31. The van der Waals surface area contributed by atoms with Gasteiger partial charge < -0.3 is 20.3 Å². The molecular weight excluding hydrogens is 803 g/mol. The Hall–Kier alpha value is -1.66. The Balaban J connectivity index is 3.52. The van der Waals surface area contributed by atoms with E-state index >= 15 is 0 Å². The fourth-order valence-electron chi connectivity index (χ4n) is 8.98. The van der Waals surface area contributed by atoms with Crippen molar-refractivity contribution in [1.29, 1.82) is 0 Å². The highest BCUT2D eigenvalue weighted by molar-refractivity contribution is 5.76. The van der Waals surface area contributed by atoms with E-state index in [2.05, 4.69) is 31.3 Å². The first-order chi connectivity index (χ1) is 32.0. The first-order valence-electron chi connectivity index (χ1n) is 29.1. The van der Waals surface area contributed by atoms with Crippen molar-refractivity contribution < 1.29 is 24.5 Å². The van der Waals surface area contributed by atoms with Crippen LogP contribution in [-0.4, -0.2) is 47.4 Å². The van der Waals surface area contributed by atoms with E-state index in [0.717, 1.165) is 83.5 Å². The summed E-state index contributed by atoms with van der Waals surface area (Å²) in [5.74, 6) is -0.123. The van der Waals surface area contributed by atoms with Crippen LogP contribution in [0.5, 0.6) is 0 Å². The normalized spacial score (nSPS) is 12.7. The summed E-state index contributed by atoms with van der Waals surface area (Å²) in [6, 6.07) is -0.649. The molecule has 0 rings (SSSR count). The number of nitrogens with one attached hydrogen (secondary N) is 1. The lowest BCUT2D eigenvalue weighted by molar-refractivity contribution is -0.143. The second kappa shape index (κ2) is 54.9. The van der Waals surface area contributed by atoms with E-state index in [1.807, 2.05) is 6.08 Å². The van der Waals surface area contributed by atoms with Crippen LogP contribution in [0.1, 0.15) is 316 Å². The molecule has 0 aliphatic rings. The predicted molar refractivity (Wildman–Crippen MR) is 283 cm³/mol. The zero-order chi connectivity index (χ0) is 47.2. The van der Waals surface area contributed by atoms with Crippen molar-refractivity contribution in [3.05, 3.63) is 24.3 Å². The number of rotatable bonds is 54. The SMILES string of the molecule is CCCCCCCCCCCCCCCCCCCCC/C=C/C(O)C(CO)NC(=O)CCCCCCC/C=C\CCCCOC(=O)CCCCCCCCCCCCCCCCCC. The third-order valence-electron chi connectivity index (χ3n) is 13.5. The van der Waals surface area contributed by atoms with Crippen LogP contribution in [0.25, 0.3) is 0 Å². The Labute approximate surface area is 405 Å². The number of ether oxygens (including phenoxy) is 1. The molecule has 3 N–H and O–H groups in total. The molecule has 0 radical (unpaired) electrons. The minimum Gasteiger partial charge on any atom is -0.466 e. The van der Waals surface area contributed by atoms with E-state index in [1.165, 1.54) is 205 Å². The molecule has 0 fully saturated rings. The van der Waals surface area contributed by atoms with Crippen molar-refractivity contribution in [1.82, 2.24) is 5.32 Å². The molecule has 1 amide bonds. The highest BCUT2D eigenvalue weighted by atomic mass is 16.5. The molecule has 0 bridgehead atoms. The smallest absolute Gasteiger partial charge is 0.305 e. The van der Waals surface area contributed by atoms with Crippen LogP contribution in [0.15, 0.2) is 24.3 Å². The van der Waals surface area contributed by atoms with Gasteiger partial charge in [-0.1, -0.05) is 269 Å². The van der Waals surface area contributed by atoms with Crippen LogP contribution in [0, 0.1) is 0 Å². The molecule has 0 aromatic heterocycles. The maximum atomic E-state index is 12.5. The number of esters is 1. The number of allylic oxidation sites excluding steroid dienone is 3. The summed E-state index contributed by atoms with van der Waals surface area (Å²) in [7, 11) is 0. The van der Waals surface area contributed by atoms with E-state index in [0.29, 0.717) is 19.4 Å². The van der Waals surface area contributed by atoms with Crippen molar-refractivity contribution >= 4 is 11.9 Å². The van der Waals surface area contributed by atoms with Crippen molar-refractivity contribution in [2.75, 3.05) is 13.2 Å². The number of unbranched alkanes of at least 4 members (excludes halogenated alkanes) is 41. The average molecular weight is 917 g/mol. The fourth-order valence-corrected chi connectivity index (χ4v) is 8.98. The van der Waals surface area contributed by atoms with Crippen molar-refractivity contribution in [3.63, 3.8) is 0 Å². The first-order valence-corrected chi connectivity index (χ1v) is 29.1. The molecule has 384 valence electrons. The monoisotopic (exact) mass is 916 g/mol. The summed E-state index contributed by atoms with van der Waals surface area (Å²) in [4.78, 5) is 24.5. The predicted octanol–water partition coefficient (Wildman–Crippen LogP) is 17.9. The molecule has 6 heteroatoms. The Bertz CT molecular complexity index is 1010. The highest BCUT2D eigenvalue weighted by Crippen LogP contribution is 2.17. The summed E-state index contributed by atoms with van der Waals surface area (Å²) in [5.41, 5.74) is 0. The van der Waals surface area contributed by atoms with Gasteiger partial charge in [0, 0.05) is 12.8 Å². The van der Waals surface area contributed by atoms with E-state index < -0.39 is 12.1 Å². The molecule has 0 heterocycles. The van der Waals surface area contributed by atoms with Gasteiger partial charge in [-0.3, -0.25) is 9.59 Å². The van der Waals surface area contributed by atoms with Gasteiger partial charge in [-0.25, -0.2) is 0 Å². The third-order valence-corrected chi connectivity index (χ3v) is 13.5. The maximum Gasteiger partial charge on any atom is 0.305 e. The molecule has 2 unspecified atom stereocenters. The zero-order valence-electron chi connectivity index (χ0n) is 43.7. The molecule has 0 spiro atoms. The van der Waals surface area contributed by atoms with Gasteiger partial charge in [-0.15, -0.1) is 0 Å². The first kappa shape index (κ1) is 63.3. The summed E-state index contributed by atoms with van der Waals surface area (Å²) in [6.07, 6.45) is 66.3. The highest BCUT2D eigenvalue weighted by Gasteiger charge is 2.18. The summed E-state index contributed by atoms with van der Waals surface area (Å²) in [5, 5.41) is 23.1. The van der Waals surface area contributed by atoms with Crippen LogP contribution in [0.2, 0.25) is 0 Å². The van der Waals surface area contributed by atoms with Crippen LogP contribution in [0.4, 0.5) is 0 Å². The number of hydrogen-bond acceptors (Lipinski definition) is 5. The van der Waals surface area contributed by atoms with Gasteiger partial charge in [0.1, 0.15) is 0 Å². The van der Waals surface area contributed by atoms with Gasteiger partial charge in [0.05, 0.1) is 25.4 Å². The van der Waals surface area contributed by atoms with Gasteiger partial charge in [0.15, 0.2) is 0 Å². The maximum absolute atomic E-state index is 12.5. The quantitative estimate of drug-likeness (QED) is 0.0321. The van der Waals surface area contributed by atoms with Gasteiger partial charge in [0.2, 0.25) is 5.91 Å². The molecule has 0 aromatic rings. The summed E-state index contributed by atoms with van der Waals surface area (Å²) in [6.45, 7) is 4.85. The number of hydrogen-bond donors (Lipinski definition) is 3. The molecule has 0 aliphatic carbocycles. The number of aliphatic hydroxyl groups is 2. The summed E-state index contributed by atoms with van der Waals surface area (Å²) >= 11 is 0. The van der Waals surface area contributed by atoms with Gasteiger partial charge in [-0.05, 0) is 57.8 Å². The molecular formula is C59H113NO5. The third kappa shape index (κ3) is 51.6. The second-order valence-electron chi connectivity index (χ2n) is 20.0. The summed E-state index contributed by atoms with van der Waals surface area (Å²) < 4.78 is 5.45. The molecule has 6 nitrogen and oxygen atoms in total. The van der Waals surface area contributed by atoms with Crippen molar-refractivity contribution in [2.45, 2.75) is 328 Å². The molecule has 0 saturated carbocycles. The van der Waals surface area contributed by atoms with Gasteiger partial charge in [-0.2, -0.15) is 0 Å². The van der Waals surface area contributed by atoms with Crippen LogP contribution >= 0.6 is 0 Å². The van der Waals surface area contributed by atoms with Crippen LogP contribution in [-0.2, 0) is 14.3 Å². The molecule has 0 aromatic carbocycles. The number of amides is 1.